The molecule has 104 valence electrons. The van der Waals surface area contributed by atoms with Gasteiger partial charge >= 0.3 is 0 Å². The van der Waals surface area contributed by atoms with E-state index in [9.17, 15) is 5.11 Å². The van der Waals surface area contributed by atoms with E-state index in [4.69, 9.17) is 9.68 Å². The Morgan fingerprint density at radius 1 is 1.40 bits per heavy atom. The van der Waals surface area contributed by atoms with Gasteiger partial charge in [0.25, 0.3) is 0 Å². The van der Waals surface area contributed by atoms with E-state index in [1.165, 1.54) is 0 Å². The Morgan fingerprint density at radius 3 is 2.70 bits per heavy atom. The predicted molar refractivity (Wildman–Crippen MR) is 77.3 cm³/mol. The van der Waals surface area contributed by atoms with Gasteiger partial charge in [0.15, 0.2) is 0 Å². The van der Waals surface area contributed by atoms with Gasteiger partial charge in [-0.15, -0.1) is 0 Å². The molecule has 4 nitrogen and oxygen atoms in total. The number of aliphatic hydroxyl groups excluding tert-OH is 1. The van der Waals surface area contributed by atoms with Gasteiger partial charge in [0, 0.05) is 30.4 Å². The number of furan rings is 1. The van der Waals surface area contributed by atoms with Crippen LogP contribution in [0.1, 0.15) is 35.5 Å². The second-order valence-corrected chi connectivity index (χ2v) is 4.92. The normalized spacial score (nSPS) is 11.9. The summed E-state index contributed by atoms with van der Waals surface area (Å²) in [6.45, 7) is 4.31. The molecule has 2 rings (SSSR count). The predicted octanol–water partition coefficient (Wildman–Crippen LogP) is 3.15. The van der Waals surface area contributed by atoms with Gasteiger partial charge in [-0.3, -0.25) is 0 Å². The SMILES string of the molecule is Cc1occc1CN(C)c1cc(C#N)ccc1[C@H](C)O. The van der Waals surface area contributed by atoms with Crippen molar-refractivity contribution < 1.29 is 9.52 Å². The lowest BCUT2D eigenvalue weighted by molar-refractivity contribution is 0.199. The standard InChI is InChI=1S/C16H18N2O2/c1-11(19)15-5-4-13(9-17)8-16(15)18(3)10-14-6-7-20-12(14)2/h4-8,11,19H,10H2,1-3H3/t11-/m0/s1. The molecule has 0 aliphatic heterocycles. The third-order valence-corrected chi connectivity index (χ3v) is 3.39. The van der Waals surface area contributed by atoms with Crippen molar-refractivity contribution in [1.82, 2.24) is 0 Å². The van der Waals surface area contributed by atoms with Crippen LogP contribution in [0, 0.1) is 18.3 Å². The van der Waals surface area contributed by atoms with Crippen LogP contribution in [0.25, 0.3) is 0 Å². The number of aryl methyl sites for hydroxylation is 1. The summed E-state index contributed by atoms with van der Waals surface area (Å²) in [7, 11) is 1.94. The highest BCUT2D eigenvalue weighted by Gasteiger charge is 2.14. The number of hydrogen-bond donors (Lipinski definition) is 1. The molecular weight excluding hydrogens is 252 g/mol. The number of anilines is 1. The highest BCUT2D eigenvalue weighted by Crippen LogP contribution is 2.28. The average Bonchev–Trinajstić information content (AvgIpc) is 2.83. The van der Waals surface area contributed by atoms with E-state index in [0.717, 1.165) is 22.6 Å². The van der Waals surface area contributed by atoms with Crippen LogP contribution in [-0.2, 0) is 6.54 Å². The number of aliphatic hydroxyl groups is 1. The second-order valence-electron chi connectivity index (χ2n) is 4.92. The minimum absolute atomic E-state index is 0.578. The Hall–Kier alpha value is -2.25. The maximum Gasteiger partial charge on any atom is 0.105 e. The first-order valence-electron chi connectivity index (χ1n) is 6.49. The van der Waals surface area contributed by atoms with Gasteiger partial charge < -0.3 is 14.4 Å². The van der Waals surface area contributed by atoms with E-state index < -0.39 is 6.10 Å². The van der Waals surface area contributed by atoms with Crippen molar-refractivity contribution in [1.29, 1.82) is 5.26 Å². The Bertz CT molecular complexity index is 638. The number of hydrogen-bond acceptors (Lipinski definition) is 4. The fraction of sp³-hybridized carbons (Fsp3) is 0.312. The van der Waals surface area contributed by atoms with E-state index in [1.807, 2.05) is 24.9 Å². The van der Waals surface area contributed by atoms with Crippen LogP contribution in [-0.4, -0.2) is 12.2 Å². The average molecular weight is 270 g/mol. The van der Waals surface area contributed by atoms with Crippen LogP contribution >= 0.6 is 0 Å². The molecule has 0 aliphatic carbocycles. The number of nitrogens with zero attached hydrogens (tertiary/aromatic N) is 2. The summed E-state index contributed by atoms with van der Waals surface area (Å²) in [4.78, 5) is 2.01. The minimum atomic E-state index is -0.578. The molecule has 1 aromatic heterocycles. The lowest BCUT2D eigenvalue weighted by Gasteiger charge is -2.23. The molecule has 20 heavy (non-hydrogen) atoms. The zero-order valence-electron chi connectivity index (χ0n) is 11.9. The zero-order valence-corrected chi connectivity index (χ0v) is 11.9. The quantitative estimate of drug-likeness (QED) is 0.927. The van der Waals surface area contributed by atoms with Crippen molar-refractivity contribution in [3.05, 3.63) is 53.0 Å². The first-order valence-corrected chi connectivity index (χ1v) is 6.49. The summed E-state index contributed by atoms with van der Waals surface area (Å²) in [6, 6.07) is 9.39. The Labute approximate surface area is 118 Å². The van der Waals surface area contributed by atoms with Crippen molar-refractivity contribution in [3.8, 4) is 6.07 Å². The molecule has 0 saturated heterocycles. The Balaban J connectivity index is 2.35. The molecule has 1 atom stereocenters. The smallest absolute Gasteiger partial charge is 0.105 e. The molecular formula is C16H18N2O2. The van der Waals surface area contributed by atoms with Crippen LogP contribution < -0.4 is 4.90 Å². The number of rotatable bonds is 4. The highest BCUT2D eigenvalue weighted by atomic mass is 16.3. The molecule has 0 fully saturated rings. The van der Waals surface area contributed by atoms with E-state index in [0.29, 0.717) is 12.1 Å². The largest absolute Gasteiger partial charge is 0.469 e. The maximum absolute atomic E-state index is 9.87. The first kappa shape index (κ1) is 14.2. The lowest BCUT2D eigenvalue weighted by atomic mass is 10.0. The van der Waals surface area contributed by atoms with E-state index in [-0.39, 0.29) is 0 Å². The molecule has 1 N–H and O–H groups in total. The van der Waals surface area contributed by atoms with E-state index in [1.54, 1.807) is 31.4 Å². The summed E-state index contributed by atoms with van der Waals surface area (Å²) in [5.41, 5.74) is 3.35. The maximum atomic E-state index is 9.87. The molecule has 1 heterocycles. The topological polar surface area (TPSA) is 60.4 Å². The van der Waals surface area contributed by atoms with Crippen LogP contribution in [0.3, 0.4) is 0 Å². The fourth-order valence-corrected chi connectivity index (χ4v) is 2.21. The molecule has 0 bridgehead atoms. The van der Waals surface area contributed by atoms with Gasteiger partial charge in [0.05, 0.1) is 24.0 Å². The summed E-state index contributed by atoms with van der Waals surface area (Å²) < 4.78 is 5.30. The molecule has 2 aromatic rings. The Kier molecular flexibility index (Phi) is 4.11. The molecule has 0 radical (unpaired) electrons. The molecule has 0 unspecified atom stereocenters. The van der Waals surface area contributed by atoms with Crippen molar-refractivity contribution >= 4 is 5.69 Å². The van der Waals surface area contributed by atoms with Crippen molar-refractivity contribution in [2.24, 2.45) is 0 Å². The molecule has 0 saturated carbocycles. The number of nitriles is 1. The lowest BCUT2D eigenvalue weighted by Crippen LogP contribution is -2.19. The molecule has 0 spiro atoms. The van der Waals surface area contributed by atoms with Gasteiger partial charge in [-0.05, 0) is 32.0 Å². The molecule has 0 amide bonds. The number of benzene rings is 1. The molecule has 4 heteroatoms. The molecule has 0 aliphatic rings. The molecule has 1 aromatic carbocycles. The van der Waals surface area contributed by atoms with E-state index in [2.05, 4.69) is 6.07 Å². The van der Waals surface area contributed by atoms with Crippen LogP contribution in [0.15, 0.2) is 34.9 Å². The zero-order chi connectivity index (χ0) is 14.7. The fourth-order valence-electron chi connectivity index (χ4n) is 2.21. The summed E-state index contributed by atoms with van der Waals surface area (Å²) in [5, 5.41) is 18.9. The van der Waals surface area contributed by atoms with Crippen LogP contribution in [0.4, 0.5) is 5.69 Å². The monoisotopic (exact) mass is 270 g/mol. The first-order chi connectivity index (χ1) is 9.52. The van der Waals surface area contributed by atoms with Gasteiger partial charge in [0.2, 0.25) is 0 Å². The van der Waals surface area contributed by atoms with Gasteiger partial charge in [-0.2, -0.15) is 5.26 Å². The Morgan fingerprint density at radius 2 is 2.15 bits per heavy atom. The van der Waals surface area contributed by atoms with Crippen LogP contribution in [0.5, 0.6) is 0 Å². The van der Waals surface area contributed by atoms with Gasteiger partial charge in [0.1, 0.15) is 5.76 Å². The van der Waals surface area contributed by atoms with Crippen LogP contribution in [0.2, 0.25) is 0 Å². The summed E-state index contributed by atoms with van der Waals surface area (Å²) >= 11 is 0. The summed E-state index contributed by atoms with van der Waals surface area (Å²) in [6.07, 6.45) is 1.09. The third-order valence-electron chi connectivity index (χ3n) is 3.39. The summed E-state index contributed by atoms with van der Waals surface area (Å²) in [5.74, 6) is 0.881. The van der Waals surface area contributed by atoms with E-state index >= 15 is 0 Å². The minimum Gasteiger partial charge on any atom is -0.469 e. The van der Waals surface area contributed by atoms with Crippen molar-refractivity contribution in [2.45, 2.75) is 26.5 Å². The van der Waals surface area contributed by atoms with Crippen molar-refractivity contribution in [3.63, 3.8) is 0 Å². The van der Waals surface area contributed by atoms with Gasteiger partial charge in [-0.25, -0.2) is 0 Å². The second kappa shape index (κ2) is 5.81. The van der Waals surface area contributed by atoms with Gasteiger partial charge in [-0.1, -0.05) is 6.07 Å². The third kappa shape index (κ3) is 2.84. The van der Waals surface area contributed by atoms with Crippen molar-refractivity contribution in [2.75, 3.05) is 11.9 Å². The highest BCUT2D eigenvalue weighted by molar-refractivity contribution is 5.58.